The lowest BCUT2D eigenvalue weighted by Gasteiger charge is -2.35. The Kier molecular flexibility index (Phi) is 3.79. The molecular weight excluding hydrogens is 248 g/mol. The second-order valence-corrected chi connectivity index (χ2v) is 6.25. The number of nitrogens with one attached hydrogen (secondary N) is 1. The Morgan fingerprint density at radius 2 is 2.10 bits per heavy atom. The number of carbonyl (C=O) groups is 1. The second-order valence-electron chi connectivity index (χ2n) is 6.25. The van der Waals surface area contributed by atoms with Crippen molar-refractivity contribution in [2.45, 2.75) is 44.7 Å². The van der Waals surface area contributed by atoms with Gasteiger partial charge in [0, 0.05) is 7.05 Å². The van der Waals surface area contributed by atoms with E-state index in [1.807, 2.05) is 11.9 Å². The lowest BCUT2D eigenvalue weighted by molar-refractivity contribution is -0.135. The molecule has 0 bridgehead atoms. The lowest BCUT2D eigenvalue weighted by atomic mass is 9.86. The molecule has 1 aliphatic heterocycles. The SMILES string of the molecule is CC1CCNC1C(=O)N(C)C1CCCc2ccccc21. The number of nitrogens with zero attached hydrogens (tertiary/aromatic N) is 1. The third-order valence-electron chi connectivity index (χ3n) is 4.95. The number of fused-ring (bicyclic) bond motifs is 1. The van der Waals surface area contributed by atoms with Gasteiger partial charge in [-0.1, -0.05) is 31.2 Å². The molecule has 1 amide bonds. The minimum Gasteiger partial charge on any atom is -0.337 e. The van der Waals surface area contributed by atoms with Crippen LogP contribution in [0.1, 0.15) is 43.4 Å². The van der Waals surface area contributed by atoms with Gasteiger partial charge < -0.3 is 10.2 Å². The van der Waals surface area contributed by atoms with Crippen molar-refractivity contribution in [1.29, 1.82) is 0 Å². The molecule has 3 nitrogen and oxygen atoms in total. The van der Waals surface area contributed by atoms with E-state index >= 15 is 0 Å². The van der Waals surface area contributed by atoms with Gasteiger partial charge in [-0.15, -0.1) is 0 Å². The molecule has 108 valence electrons. The fraction of sp³-hybridized carbons (Fsp3) is 0.588. The predicted octanol–water partition coefficient (Wildman–Crippen LogP) is 2.52. The third-order valence-corrected chi connectivity index (χ3v) is 4.95. The first-order valence-corrected chi connectivity index (χ1v) is 7.76. The van der Waals surface area contributed by atoms with Crippen LogP contribution in [0.4, 0.5) is 0 Å². The van der Waals surface area contributed by atoms with Crippen LogP contribution < -0.4 is 5.32 Å². The summed E-state index contributed by atoms with van der Waals surface area (Å²) >= 11 is 0. The van der Waals surface area contributed by atoms with Crippen molar-refractivity contribution in [1.82, 2.24) is 10.2 Å². The van der Waals surface area contributed by atoms with E-state index in [-0.39, 0.29) is 18.0 Å². The zero-order valence-corrected chi connectivity index (χ0v) is 12.4. The molecule has 1 heterocycles. The van der Waals surface area contributed by atoms with Gasteiger partial charge in [0.2, 0.25) is 5.91 Å². The van der Waals surface area contributed by atoms with Gasteiger partial charge in [0.1, 0.15) is 0 Å². The van der Waals surface area contributed by atoms with Crippen LogP contribution in [0.2, 0.25) is 0 Å². The highest BCUT2D eigenvalue weighted by molar-refractivity contribution is 5.82. The Hall–Kier alpha value is -1.35. The highest BCUT2D eigenvalue weighted by atomic mass is 16.2. The van der Waals surface area contributed by atoms with E-state index in [0.29, 0.717) is 5.92 Å². The minimum atomic E-state index is 0.00842. The number of carbonyl (C=O) groups excluding carboxylic acids is 1. The standard InChI is InChI=1S/C17H24N2O/c1-12-10-11-18-16(12)17(20)19(2)15-9-5-7-13-6-3-4-8-14(13)15/h3-4,6,8,12,15-16,18H,5,7,9-11H2,1-2H3. The molecule has 0 saturated carbocycles. The van der Waals surface area contributed by atoms with Crippen molar-refractivity contribution in [3.8, 4) is 0 Å². The molecule has 1 N–H and O–H groups in total. The maximum absolute atomic E-state index is 12.7. The quantitative estimate of drug-likeness (QED) is 0.897. The summed E-state index contributed by atoms with van der Waals surface area (Å²) < 4.78 is 0. The number of rotatable bonds is 2. The fourth-order valence-electron chi connectivity index (χ4n) is 3.67. The van der Waals surface area contributed by atoms with E-state index in [9.17, 15) is 4.79 Å². The number of benzene rings is 1. The molecular formula is C17H24N2O. The van der Waals surface area contributed by atoms with Crippen molar-refractivity contribution >= 4 is 5.91 Å². The summed E-state index contributed by atoms with van der Waals surface area (Å²) in [6, 6.07) is 8.84. The minimum absolute atomic E-state index is 0.00842. The van der Waals surface area contributed by atoms with E-state index in [0.717, 1.165) is 25.8 Å². The molecule has 1 fully saturated rings. The summed E-state index contributed by atoms with van der Waals surface area (Å²) in [5, 5.41) is 3.36. The van der Waals surface area contributed by atoms with Crippen molar-refractivity contribution in [3.05, 3.63) is 35.4 Å². The maximum atomic E-state index is 12.7. The largest absolute Gasteiger partial charge is 0.337 e. The number of amides is 1. The second kappa shape index (κ2) is 5.57. The van der Waals surface area contributed by atoms with Crippen molar-refractivity contribution in [2.75, 3.05) is 13.6 Å². The summed E-state index contributed by atoms with van der Waals surface area (Å²) in [6.45, 7) is 3.14. The summed E-state index contributed by atoms with van der Waals surface area (Å²) in [5.41, 5.74) is 2.76. The summed E-state index contributed by atoms with van der Waals surface area (Å²) in [4.78, 5) is 14.7. The predicted molar refractivity (Wildman–Crippen MR) is 80.5 cm³/mol. The molecule has 1 aromatic rings. The van der Waals surface area contributed by atoms with Crippen LogP contribution in [0.5, 0.6) is 0 Å². The van der Waals surface area contributed by atoms with Crippen molar-refractivity contribution in [2.24, 2.45) is 5.92 Å². The molecule has 3 heteroatoms. The van der Waals surface area contributed by atoms with Gasteiger partial charge in [-0.3, -0.25) is 4.79 Å². The van der Waals surface area contributed by atoms with Gasteiger partial charge in [-0.25, -0.2) is 0 Å². The molecule has 3 rings (SSSR count). The summed E-state index contributed by atoms with van der Waals surface area (Å²) in [5.74, 6) is 0.709. The van der Waals surface area contributed by atoms with Gasteiger partial charge in [-0.2, -0.15) is 0 Å². The van der Waals surface area contributed by atoms with E-state index < -0.39 is 0 Å². The zero-order valence-electron chi connectivity index (χ0n) is 12.4. The Bertz CT molecular complexity index is 500. The van der Waals surface area contributed by atoms with Crippen LogP contribution >= 0.6 is 0 Å². The normalized spacial score (nSPS) is 29.0. The van der Waals surface area contributed by atoms with Gasteiger partial charge in [0.25, 0.3) is 0 Å². The zero-order chi connectivity index (χ0) is 14.1. The topological polar surface area (TPSA) is 32.3 Å². The molecule has 20 heavy (non-hydrogen) atoms. The summed E-state index contributed by atoms with van der Waals surface area (Å²) in [7, 11) is 1.97. The van der Waals surface area contributed by atoms with Crippen LogP contribution in [0.3, 0.4) is 0 Å². The Labute approximate surface area is 121 Å². The van der Waals surface area contributed by atoms with Gasteiger partial charge in [0.15, 0.2) is 0 Å². The Balaban J connectivity index is 1.81. The number of likely N-dealkylation sites (N-methyl/N-ethyl adjacent to an activating group) is 1. The van der Waals surface area contributed by atoms with Crippen LogP contribution in [0, 0.1) is 5.92 Å². The highest BCUT2D eigenvalue weighted by Gasteiger charge is 2.35. The molecule has 1 saturated heterocycles. The molecule has 0 radical (unpaired) electrons. The first kappa shape index (κ1) is 13.6. The molecule has 1 aromatic carbocycles. The first-order valence-electron chi connectivity index (χ1n) is 7.76. The van der Waals surface area contributed by atoms with Gasteiger partial charge in [0.05, 0.1) is 12.1 Å². The number of hydrogen-bond donors (Lipinski definition) is 1. The summed E-state index contributed by atoms with van der Waals surface area (Å²) in [6.07, 6.45) is 4.51. The highest BCUT2D eigenvalue weighted by Crippen LogP contribution is 2.34. The van der Waals surface area contributed by atoms with E-state index in [2.05, 4.69) is 36.5 Å². The maximum Gasteiger partial charge on any atom is 0.240 e. The van der Waals surface area contributed by atoms with E-state index in [1.54, 1.807) is 0 Å². The van der Waals surface area contributed by atoms with Gasteiger partial charge >= 0.3 is 0 Å². The Morgan fingerprint density at radius 1 is 1.30 bits per heavy atom. The van der Waals surface area contributed by atoms with E-state index in [4.69, 9.17) is 0 Å². The third kappa shape index (κ3) is 2.35. The fourth-order valence-corrected chi connectivity index (χ4v) is 3.67. The van der Waals surface area contributed by atoms with Crippen LogP contribution in [-0.4, -0.2) is 30.4 Å². The average Bonchev–Trinajstić information content (AvgIpc) is 2.91. The molecule has 0 aromatic heterocycles. The lowest BCUT2D eigenvalue weighted by Crippen LogP contribution is -2.46. The van der Waals surface area contributed by atoms with Crippen LogP contribution in [-0.2, 0) is 11.2 Å². The number of hydrogen-bond acceptors (Lipinski definition) is 2. The smallest absolute Gasteiger partial charge is 0.240 e. The first-order chi connectivity index (χ1) is 9.68. The van der Waals surface area contributed by atoms with Crippen LogP contribution in [0.25, 0.3) is 0 Å². The van der Waals surface area contributed by atoms with Crippen molar-refractivity contribution in [3.63, 3.8) is 0 Å². The molecule has 1 aliphatic carbocycles. The van der Waals surface area contributed by atoms with Crippen molar-refractivity contribution < 1.29 is 4.79 Å². The molecule has 3 unspecified atom stereocenters. The molecule has 0 spiro atoms. The van der Waals surface area contributed by atoms with Gasteiger partial charge in [-0.05, 0) is 49.3 Å². The Morgan fingerprint density at radius 3 is 2.85 bits per heavy atom. The van der Waals surface area contributed by atoms with E-state index in [1.165, 1.54) is 17.5 Å². The van der Waals surface area contributed by atoms with Crippen LogP contribution in [0.15, 0.2) is 24.3 Å². The monoisotopic (exact) mass is 272 g/mol. The molecule has 2 aliphatic rings. The molecule has 3 atom stereocenters. The average molecular weight is 272 g/mol. The number of aryl methyl sites for hydroxylation is 1.